The van der Waals surface area contributed by atoms with Crippen molar-refractivity contribution in [3.63, 3.8) is 0 Å². The number of carbonyl (C=O) groups excluding carboxylic acids is 1. The number of allylic oxidation sites excluding steroid dienone is 2. The molecule has 2 amide bonds. The minimum atomic E-state index is -1.03. The second-order valence-electron chi connectivity index (χ2n) is 6.47. The van der Waals surface area contributed by atoms with E-state index in [1.54, 1.807) is 19.2 Å². The SMILES string of the molecule is CNC(=O)NC(C1=CC(C)C(F)C=C1)(c1ccccc1)c1ccccc1. The van der Waals surface area contributed by atoms with Crippen LogP contribution in [-0.2, 0) is 5.54 Å². The highest BCUT2D eigenvalue weighted by atomic mass is 19.1. The van der Waals surface area contributed by atoms with Crippen LogP contribution in [0.1, 0.15) is 18.1 Å². The topological polar surface area (TPSA) is 41.1 Å². The molecule has 0 bridgehead atoms. The maximum atomic E-state index is 14.0. The highest BCUT2D eigenvalue weighted by Gasteiger charge is 2.40. The molecule has 0 aromatic heterocycles. The zero-order valence-electron chi connectivity index (χ0n) is 14.9. The second-order valence-corrected chi connectivity index (χ2v) is 6.47. The van der Waals surface area contributed by atoms with Crippen LogP contribution in [0.5, 0.6) is 0 Å². The molecule has 0 heterocycles. The molecule has 2 N–H and O–H groups in total. The number of carbonyl (C=O) groups is 1. The Morgan fingerprint density at radius 2 is 1.54 bits per heavy atom. The molecule has 0 saturated heterocycles. The smallest absolute Gasteiger partial charge is 0.315 e. The lowest BCUT2D eigenvalue weighted by Crippen LogP contribution is -2.51. The van der Waals surface area contributed by atoms with Gasteiger partial charge in [0.2, 0.25) is 0 Å². The van der Waals surface area contributed by atoms with Crippen molar-refractivity contribution in [2.45, 2.75) is 18.6 Å². The quantitative estimate of drug-likeness (QED) is 0.847. The third-order valence-corrected chi connectivity index (χ3v) is 4.78. The van der Waals surface area contributed by atoms with E-state index in [0.717, 1.165) is 16.7 Å². The van der Waals surface area contributed by atoms with E-state index < -0.39 is 11.7 Å². The summed E-state index contributed by atoms with van der Waals surface area (Å²) >= 11 is 0. The van der Waals surface area contributed by atoms with Gasteiger partial charge in [-0.05, 0) is 22.8 Å². The molecule has 134 valence electrons. The summed E-state index contributed by atoms with van der Waals surface area (Å²) < 4.78 is 14.0. The predicted molar refractivity (Wildman–Crippen MR) is 103 cm³/mol. The van der Waals surface area contributed by atoms with Crippen LogP contribution in [0.2, 0.25) is 0 Å². The predicted octanol–water partition coefficient (Wildman–Crippen LogP) is 4.33. The fourth-order valence-electron chi connectivity index (χ4n) is 3.38. The molecular weight excluding hydrogens is 327 g/mol. The fourth-order valence-corrected chi connectivity index (χ4v) is 3.38. The molecular formula is C22H23FN2O. The van der Waals surface area contributed by atoms with Gasteiger partial charge in [0, 0.05) is 13.0 Å². The Morgan fingerprint density at radius 1 is 1.00 bits per heavy atom. The Kier molecular flexibility index (Phi) is 5.21. The number of benzene rings is 2. The van der Waals surface area contributed by atoms with E-state index in [1.807, 2.05) is 73.7 Å². The number of urea groups is 1. The molecule has 0 spiro atoms. The van der Waals surface area contributed by atoms with Gasteiger partial charge in [-0.2, -0.15) is 0 Å². The molecule has 4 heteroatoms. The minimum Gasteiger partial charge on any atom is -0.341 e. The zero-order valence-corrected chi connectivity index (χ0v) is 14.9. The summed E-state index contributed by atoms with van der Waals surface area (Å²) in [6.45, 7) is 1.84. The zero-order chi connectivity index (χ0) is 18.6. The van der Waals surface area contributed by atoms with Crippen molar-refractivity contribution >= 4 is 6.03 Å². The Balaban J connectivity index is 2.27. The number of hydrogen-bond donors (Lipinski definition) is 2. The van der Waals surface area contributed by atoms with Crippen LogP contribution < -0.4 is 10.6 Å². The lowest BCUT2D eigenvalue weighted by Gasteiger charge is -2.39. The van der Waals surface area contributed by atoms with Gasteiger partial charge in [0.05, 0.1) is 0 Å². The van der Waals surface area contributed by atoms with Gasteiger partial charge in [-0.1, -0.05) is 79.7 Å². The molecule has 2 unspecified atom stereocenters. The Hall–Kier alpha value is -2.88. The monoisotopic (exact) mass is 350 g/mol. The maximum absolute atomic E-state index is 14.0. The van der Waals surface area contributed by atoms with E-state index in [0.29, 0.717) is 0 Å². The van der Waals surface area contributed by atoms with Crippen molar-refractivity contribution < 1.29 is 9.18 Å². The highest BCUT2D eigenvalue weighted by Crippen LogP contribution is 2.40. The molecule has 2 atom stereocenters. The lowest BCUT2D eigenvalue weighted by atomic mass is 9.74. The summed E-state index contributed by atoms with van der Waals surface area (Å²) in [5.74, 6) is -0.270. The van der Waals surface area contributed by atoms with Crippen LogP contribution in [0.15, 0.2) is 84.5 Å². The van der Waals surface area contributed by atoms with Crippen molar-refractivity contribution in [2.75, 3.05) is 7.05 Å². The van der Waals surface area contributed by atoms with E-state index in [-0.39, 0.29) is 11.9 Å². The van der Waals surface area contributed by atoms with Gasteiger partial charge in [0.25, 0.3) is 0 Å². The molecule has 1 aliphatic rings. The molecule has 26 heavy (non-hydrogen) atoms. The first-order valence-electron chi connectivity index (χ1n) is 8.73. The molecule has 0 saturated carbocycles. The van der Waals surface area contributed by atoms with E-state index in [9.17, 15) is 9.18 Å². The molecule has 2 aromatic carbocycles. The number of hydrogen-bond acceptors (Lipinski definition) is 1. The summed E-state index contributed by atoms with van der Waals surface area (Å²) in [4.78, 5) is 12.4. The van der Waals surface area contributed by atoms with Gasteiger partial charge < -0.3 is 10.6 Å². The van der Waals surface area contributed by atoms with Crippen LogP contribution in [0.4, 0.5) is 9.18 Å². The highest BCUT2D eigenvalue weighted by molar-refractivity contribution is 5.77. The minimum absolute atomic E-state index is 0.270. The molecule has 3 nitrogen and oxygen atoms in total. The Bertz CT molecular complexity index is 775. The van der Waals surface area contributed by atoms with E-state index in [4.69, 9.17) is 0 Å². The summed E-state index contributed by atoms with van der Waals surface area (Å²) in [5.41, 5.74) is 1.76. The molecule has 0 aliphatic heterocycles. The Morgan fingerprint density at radius 3 is 2.00 bits per heavy atom. The third kappa shape index (κ3) is 3.27. The number of nitrogens with one attached hydrogen (secondary N) is 2. The van der Waals surface area contributed by atoms with Crippen LogP contribution in [0.25, 0.3) is 0 Å². The van der Waals surface area contributed by atoms with Crippen LogP contribution in [0.3, 0.4) is 0 Å². The summed E-state index contributed by atoms with van der Waals surface area (Å²) in [7, 11) is 1.58. The summed E-state index contributed by atoms with van der Waals surface area (Å²) in [6, 6.07) is 19.2. The second kappa shape index (κ2) is 7.56. The maximum Gasteiger partial charge on any atom is 0.315 e. The van der Waals surface area contributed by atoms with E-state index >= 15 is 0 Å². The summed E-state index contributed by atoms with van der Waals surface area (Å²) in [6.07, 6.45) is 4.22. The van der Waals surface area contributed by atoms with E-state index in [2.05, 4.69) is 10.6 Å². The molecule has 2 aromatic rings. The number of halogens is 1. The third-order valence-electron chi connectivity index (χ3n) is 4.78. The van der Waals surface area contributed by atoms with Gasteiger partial charge in [-0.25, -0.2) is 9.18 Å². The first-order chi connectivity index (χ1) is 12.6. The van der Waals surface area contributed by atoms with Crippen LogP contribution >= 0.6 is 0 Å². The number of amides is 2. The molecule has 3 rings (SSSR count). The summed E-state index contributed by atoms with van der Waals surface area (Å²) in [5, 5.41) is 5.77. The molecule has 0 radical (unpaired) electrons. The normalized spacial score (nSPS) is 19.6. The fraction of sp³-hybridized carbons (Fsp3) is 0.227. The van der Waals surface area contributed by atoms with Crippen molar-refractivity contribution in [2.24, 2.45) is 5.92 Å². The van der Waals surface area contributed by atoms with Gasteiger partial charge >= 0.3 is 6.03 Å². The largest absolute Gasteiger partial charge is 0.341 e. The van der Waals surface area contributed by atoms with E-state index in [1.165, 1.54) is 0 Å². The van der Waals surface area contributed by atoms with Gasteiger partial charge in [0.15, 0.2) is 0 Å². The number of rotatable bonds is 4. The number of alkyl halides is 1. The average Bonchev–Trinajstić information content (AvgIpc) is 2.69. The van der Waals surface area contributed by atoms with Crippen molar-refractivity contribution in [3.05, 3.63) is 95.6 Å². The lowest BCUT2D eigenvalue weighted by molar-refractivity contribution is 0.235. The van der Waals surface area contributed by atoms with Crippen molar-refractivity contribution in [1.29, 1.82) is 0 Å². The van der Waals surface area contributed by atoms with Gasteiger partial charge in [0.1, 0.15) is 11.7 Å². The average molecular weight is 350 g/mol. The first-order valence-corrected chi connectivity index (χ1v) is 8.73. The van der Waals surface area contributed by atoms with Crippen molar-refractivity contribution in [3.8, 4) is 0 Å². The van der Waals surface area contributed by atoms with Crippen molar-refractivity contribution in [1.82, 2.24) is 10.6 Å². The first kappa shape index (κ1) is 17.9. The molecule has 1 aliphatic carbocycles. The standard InChI is InChI=1S/C22H23FN2O/c1-16-15-19(13-14-20(16)23)22(25-21(26)24-2,17-9-5-3-6-10-17)18-11-7-4-8-12-18/h3-16,20H,1-2H3,(H2,24,25,26). The molecule has 0 fully saturated rings. The van der Waals surface area contributed by atoms with Crippen LogP contribution in [0, 0.1) is 5.92 Å². The van der Waals surface area contributed by atoms with Crippen LogP contribution in [-0.4, -0.2) is 19.3 Å². The Labute approximate surface area is 153 Å². The van der Waals surface area contributed by atoms with Gasteiger partial charge in [-0.3, -0.25) is 0 Å². The van der Waals surface area contributed by atoms with Gasteiger partial charge in [-0.15, -0.1) is 0 Å².